The molecule has 21 heavy (non-hydrogen) atoms. The second-order valence-corrected chi connectivity index (χ2v) is 7.40. The van der Waals surface area contributed by atoms with Gasteiger partial charge < -0.3 is 10.2 Å². The van der Waals surface area contributed by atoms with Crippen LogP contribution in [0, 0.1) is 5.92 Å². The van der Waals surface area contributed by atoms with Crippen LogP contribution in [0.15, 0.2) is 28.7 Å². The van der Waals surface area contributed by atoms with E-state index < -0.39 is 0 Å². The lowest BCUT2D eigenvalue weighted by Gasteiger charge is -2.34. The van der Waals surface area contributed by atoms with Crippen molar-refractivity contribution in [2.24, 2.45) is 5.92 Å². The quantitative estimate of drug-likeness (QED) is 0.803. The summed E-state index contributed by atoms with van der Waals surface area (Å²) in [5.41, 5.74) is 1.37. The largest absolute Gasteiger partial charge is 0.313 e. The van der Waals surface area contributed by atoms with E-state index in [9.17, 15) is 0 Å². The predicted octanol–water partition coefficient (Wildman–Crippen LogP) is 4.61. The van der Waals surface area contributed by atoms with E-state index in [4.69, 9.17) is 0 Å². The molecule has 0 bridgehead atoms. The van der Waals surface area contributed by atoms with Gasteiger partial charge in [-0.25, -0.2) is 0 Å². The van der Waals surface area contributed by atoms with Gasteiger partial charge in [-0.3, -0.25) is 0 Å². The van der Waals surface area contributed by atoms with E-state index in [2.05, 4.69) is 71.4 Å². The zero-order valence-corrected chi connectivity index (χ0v) is 15.2. The van der Waals surface area contributed by atoms with Crippen LogP contribution in [0.5, 0.6) is 0 Å². The molecule has 0 aromatic heterocycles. The van der Waals surface area contributed by atoms with E-state index in [0.717, 1.165) is 24.9 Å². The number of benzene rings is 1. The Balaban J connectivity index is 1.87. The predicted molar refractivity (Wildman–Crippen MR) is 94.6 cm³/mol. The molecule has 1 atom stereocenters. The summed E-state index contributed by atoms with van der Waals surface area (Å²) >= 11 is 3.67. The van der Waals surface area contributed by atoms with E-state index in [1.165, 1.54) is 35.7 Å². The maximum absolute atomic E-state index is 3.67. The van der Waals surface area contributed by atoms with Gasteiger partial charge in [-0.15, -0.1) is 0 Å². The SMILES string of the molecule is CNC(CCN(C)C1CCC(C)CC1)c1ccccc1Br. The number of rotatable bonds is 6. The van der Waals surface area contributed by atoms with Gasteiger partial charge in [0.15, 0.2) is 0 Å². The van der Waals surface area contributed by atoms with Crippen molar-refractivity contribution in [3.63, 3.8) is 0 Å². The van der Waals surface area contributed by atoms with Crippen molar-refractivity contribution in [1.82, 2.24) is 10.2 Å². The molecule has 0 heterocycles. The van der Waals surface area contributed by atoms with Gasteiger partial charge in [-0.1, -0.05) is 41.1 Å². The molecule has 0 spiro atoms. The molecule has 1 aromatic carbocycles. The zero-order chi connectivity index (χ0) is 15.2. The summed E-state index contributed by atoms with van der Waals surface area (Å²) in [7, 11) is 4.36. The summed E-state index contributed by atoms with van der Waals surface area (Å²) in [6, 6.07) is 9.76. The first-order valence-electron chi connectivity index (χ1n) is 8.23. The zero-order valence-electron chi connectivity index (χ0n) is 13.6. The van der Waals surface area contributed by atoms with Gasteiger partial charge in [-0.2, -0.15) is 0 Å². The smallest absolute Gasteiger partial charge is 0.0340 e. The molecule has 0 saturated heterocycles. The van der Waals surface area contributed by atoms with Crippen molar-refractivity contribution < 1.29 is 0 Å². The molecular formula is C18H29BrN2. The summed E-state index contributed by atoms with van der Waals surface area (Å²) in [5, 5.41) is 3.47. The minimum Gasteiger partial charge on any atom is -0.313 e. The van der Waals surface area contributed by atoms with Crippen molar-refractivity contribution in [2.45, 2.75) is 51.1 Å². The van der Waals surface area contributed by atoms with E-state index in [0.29, 0.717) is 6.04 Å². The third-order valence-corrected chi connectivity index (χ3v) is 5.73. The van der Waals surface area contributed by atoms with Gasteiger partial charge in [-0.05, 0) is 70.3 Å². The highest BCUT2D eigenvalue weighted by Gasteiger charge is 2.22. The van der Waals surface area contributed by atoms with Crippen molar-refractivity contribution in [2.75, 3.05) is 20.6 Å². The molecular weight excluding hydrogens is 324 g/mol. The van der Waals surface area contributed by atoms with Gasteiger partial charge >= 0.3 is 0 Å². The van der Waals surface area contributed by atoms with Crippen LogP contribution >= 0.6 is 15.9 Å². The van der Waals surface area contributed by atoms with Crippen LogP contribution in [0.2, 0.25) is 0 Å². The lowest BCUT2D eigenvalue weighted by atomic mass is 9.86. The summed E-state index contributed by atoms with van der Waals surface area (Å²) in [6.07, 6.45) is 6.69. The Morgan fingerprint density at radius 3 is 2.52 bits per heavy atom. The molecule has 1 unspecified atom stereocenters. The van der Waals surface area contributed by atoms with Gasteiger partial charge in [0.05, 0.1) is 0 Å². The minimum absolute atomic E-state index is 0.422. The average molecular weight is 353 g/mol. The van der Waals surface area contributed by atoms with Crippen molar-refractivity contribution in [1.29, 1.82) is 0 Å². The Kier molecular flexibility index (Phi) is 6.72. The summed E-state index contributed by atoms with van der Waals surface area (Å²) in [6.45, 7) is 3.55. The molecule has 2 nitrogen and oxygen atoms in total. The van der Waals surface area contributed by atoms with Crippen molar-refractivity contribution in [3.8, 4) is 0 Å². The maximum atomic E-state index is 3.67. The fourth-order valence-corrected chi connectivity index (χ4v) is 3.97. The van der Waals surface area contributed by atoms with Crippen LogP contribution < -0.4 is 5.32 Å². The topological polar surface area (TPSA) is 15.3 Å². The third-order valence-electron chi connectivity index (χ3n) is 5.01. The minimum atomic E-state index is 0.422. The molecule has 1 aliphatic carbocycles. The van der Waals surface area contributed by atoms with Crippen LogP contribution in [0.4, 0.5) is 0 Å². The Hall–Kier alpha value is -0.380. The number of nitrogens with one attached hydrogen (secondary N) is 1. The highest BCUT2D eigenvalue weighted by molar-refractivity contribution is 9.10. The molecule has 0 aliphatic heterocycles. The second kappa shape index (κ2) is 8.30. The molecule has 2 rings (SSSR count). The normalized spacial score (nSPS) is 24.2. The average Bonchev–Trinajstić information content (AvgIpc) is 2.50. The lowest BCUT2D eigenvalue weighted by Crippen LogP contribution is -2.36. The van der Waals surface area contributed by atoms with Crippen LogP contribution in [-0.4, -0.2) is 31.6 Å². The number of nitrogens with zero attached hydrogens (tertiary/aromatic N) is 1. The molecule has 1 fully saturated rings. The Morgan fingerprint density at radius 1 is 1.24 bits per heavy atom. The molecule has 1 aromatic rings. The van der Waals surface area contributed by atoms with E-state index in [-0.39, 0.29) is 0 Å². The first-order chi connectivity index (χ1) is 10.1. The van der Waals surface area contributed by atoms with Crippen LogP contribution in [0.1, 0.15) is 50.6 Å². The summed E-state index contributed by atoms with van der Waals surface area (Å²) < 4.78 is 1.21. The highest BCUT2D eigenvalue weighted by atomic mass is 79.9. The maximum Gasteiger partial charge on any atom is 0.0340 e. The lowest BCUT2D eigenvalue weighted by molar-refractivity contribution is 0.164. The van der Waals surface area contributed by atoms with Crippen LogP contribution in [-0.2, 0) is 0 Å². The third kappa shape index (κ3) is 4.80. The summed E-state index contributed by atoms with van der Waals surface area (Å²) in [4.78, 5) is 2.58. The number of hydrogen-bond donors (Lipinski definition) is 1. The fourth-order valence-electron chi connectivity index (χ4n) is 3.41. The fraction of sp³-hybridized carbons (Fsp3) is 0.667. The molecule has 1 aliphatic rings. The van der Waals surface area contributed by atoms with E-state index in [1.54, 1.807) is 0 Å². The van der Waals surface area contributed by atoms with Crippen molar-refractivity contribution >= 4 is 15.9 Å². The molecule has 0 radical (unpaired) electrons. The summed E-state index contributed by atoms with van der Waals surface area (Å²) in [5.74, 6) is 0.931. The van der Waals surface area contributed by atoms with Gasteiger partial charge in [0, 0.05) is 16.6 Å². The van der Waals surface area contributed by atoms with Gasteiger partial charge in [0.2, 0.25) is 0 Å². The van der Waals surface area contributed by atoms with E-state index >= 15 is 0 Å². The van der Waals surface area contributed by atoms with E-state index in [1.807, 2.05) is 0 Å². The van der Waals surface area contributed by atoms with Crippen LogP contribution in [0.3, 0.4) is 0 Å². The number of hydrogen-bond acceptors (Lipinski definition) is 2. The first kappa shape index (κ1) is 17.0. The van der Waals surface area contributed by atoms with Gasteiger partial charge in [0.25, 0.3) is 0 Å². The molecule has 1 saturated carbocycles. The highest BCUT2D eigenvalue weighted by Crippen LogP contribution is 2.28. The van der Waals surface area contributed by atoms with Crippen LogP contribution in [0.25, 0.3) is 0 Å². The van der Waals surface area contributed by atoms with Gasteiger partial charge in [0.1, 0.15) is 0 Å². The standard InChI is InChI=1S/C18H29BrN2/c1-14-8-10-15(11-9-14)21(3)13-12-18(20-2)16-6-4-5-7-17(16)19/h4-7,14-15,18,20H,8-13H2,1-3H3. The molecule has 1 N–H and O–H groups in total. The number of halogens is 1. The Labute approximate surface area is 138 Å². The van der Waals surface area contributed by atoms with Crippen molar-refractivity contribution in [3.05, 3.63) is 34.3 Å². The molecule has 118 valence electrons. The Bertz CT molecular complexity index is 427. The molecule has 0 amide bonds. The monoisotopic (exact) mass is 352 g/mol. The first-order valence-corrected chi connectivity index (χ1v) is 9.03. The second-order valence-electron chi connectivity index (χ2n) is 6.55. The Morgan fingerprint density at radius 2 is 1.90 bits per heavy atom. The molecule has 3 heteroatoms.